The number of aliphatic hydroxyl groups excluding tert-OH is 1. The molecule has 1 aliphatic carbocycles. The van der Waals surface area contributed by atoms with E-state index in [0.29, 0.717) is 5.69 Å². The van der Waals surface area contributed by atoms with Crippen LogP contribution >= 0.6 is 11.6 Å². The number of nitrogens with one attached hydrogen (secondary N) is 1. The zero-order chi connectivity index (χ0) is 12.4. The molecule has 0 aliphatic heterocycles. The molecule has 5 nitrogen and oxygen atoms in total. The van der Waals surface area contributed by atoms with E-state index in [9.17, 15) is 4.79 Å². The number of anilines is 1. The maximum absolute atomic E-state index is 11.6. The van der Waals surface area contributed by atoms with Crippen LogP contribution in [0, 0.1) is 5.92 Å². The fourth-order valence-corrected chi connectivity index (χ4v) is 2.05. The van der Waals surface area contributed by atoms with Gasteiger partial charge in [-0.1, -0.05) is 23.8 Å². The molecule has 0 bridgehead atoms. The summed E-state index contributed by atoms with van der Waals surface area (Å²) in [5, 5.41) is 16.2. The summed E-state index contributed by atoms with van der Waals surface area (Å²) in [7, 11) is 1.55. The third-order valence-corrected chi connectivity index (χ3v) is 3.19. The number of hydrogen-bond acceptors (Lipinski definition) is 4. The summed E-state index contributed by atoms with van der Waals surface area (Å²) >= 11 is 5.94. The second-order valence-electron chi connectivity index (χ2n) is 4.12. The van der Waals surface area contributed by atoms with Crippen molar-refractivity contribution < 1.29 is 5.11 Å². The van der Waals surface area contributed by atoms with Gasteiger partial charge in [0.1, 0.15) is 5.02 Å². The van der Waals surface area contributed by atoms with Gasteiger partial charge in [0, 0.05) is 25.6 Å². The molecular weight excluding hydrogens is 242 g/mol. The second-order valence-corrected chi connectivity index (χ2v) is 4.49. The first kappa shape index (κ1) is 12.1. The maximum Gasteiger partial charge on any atom is 0.287 e. The van der Waals surface area contributed by atoms with Crippen molar-refractivity contribution in [1.82, 2.24) is 9.78 Å². The zero-order valence-corrected chi connectivity index (χ0v) is 10.2. The summed E-state index contributed by atoms with van der Waals surface area (Å²) in [6.45, 7) is 0.136. The highest BCUT2D eigenvalue weighted by Crippen LogP contribution is 2.23. The first-order valence-corrected chi connectivity index (χ1v) is 5.77. The van der Waals surface area contributed by atoms with Crippen LogP contribution in [0.3, 0.4) is 0 Å². The van der Waals surface area contributed by atoms with E-state index in [1.54, 1.807) is 7.05 Å². The van der Waals surface area contributed by atoms with Gasteiger partial charge in [0.25, 0.3) is 5.56 Å². The molecule has 2 N–H and O–H groups in total. The molecule has 0 aromatic carbocycles. The van der Waals surface area contributed by atoms with E-state index in [1.807, 2.05) is 12.2 Å². The lowest BCUT2D eigenvalue weighted by atomic mass is 10.1. The van der Waals surface area contributed by atoms with Crippen LogP contribution in [0.1, 0.15) is 6.42 Å². The molecule has 1 aromatic rings. The van der Waals surface area contributed by atoms with Gasteiger partial charge in [0.05, 0.1) is 11.9 Å². The largest absolute Gasteiger partial charge is 0.396 e. The molecule has 6 heteroatoms. The quantitative estimate of drug-likeness (QED) is 0.784. The van der Waals surface area contributed by atoms with Crippen molar-refractivity contribution in [1.29, 1.82) is 0 Å². The normalized spacial score (nSPS) is 23.0. The van der Waals surface area contributed by atoms with Crippen LogP contribution in [-0.2, 0) is 7.05 Å². The Labute approximate surface area is 104 Å². The second kappa shape index (κ2) is 4.89. The van der Waals surface area contributed by atoms with E-state index >= 15 is 0 Å². The van der Waals surface area contributed by atoms with Crippen molar-refractivity contribution in [3.05, 3.63) is 33.7 Å². The average Bonchev–Trinajstić information content (AvgIpc) is 2.78. The number of hydrogen-bond donors (Lipinski definition) is 2. The Bertz CT molecular complexity index is 498. The molecule has 1 aliphatic rings. The topological polar surface area (TPSA) is 67.2 Å². The molecule has 0 amide bonds. The van der Waals surface area contributed by atoms with Gasteiger partial charge in [-0.2, -0.15) is 5.10 Å². The minimum atomic E-state index is -0.322. The maximum atomic E-state index is 11.6. The van der Waals surface area contributed by atoms with Crippen LogP contribution in [-0.4, -0.2) is 27.5 Å². The standard InChI is InChI=1S/C11H14ClN3O2/c1-15-11(17)10(12)9(5-13-15)14-8-3-2-7(4-8)6-16/h2-3,5,7-8,14,16H,4,6H2,1H3/t7-,8+/m0/s1. The monoisotopic (exact) mass is 255 g/mol. The molecule has 92 valence electrons. The van der Waals surface area contributed by atoms with Crippen molar-refractivity contribution in [3.8, 4) is 0 Å². The molecule has 0 fully saturated rings. The first-order chi connectivity index (χ1) is 8.11. The van der Waals surface area contributed by atoms with Gasteiger partial charge in [-0.15, -0.1) is 0 Å². The number of aryl methyl sites for hydroxylation is 1. The number of halogens is 1. The lowest BCUT2D eigenvalue weighted by Crippen LogP contribution is -2.24. The number of rotatable bonds is 3. The van der Waals surface area contributed by atoms with E-state index in [-0.39, 0.29) is 29.1 Å². The number of aromatic nitrogens is 2. The SMILES string of the molecule is Cn1ncc(N[C@@H]2C=C[C@H](CO)C2)c(Cl)c1=O. The molecule has 0 unspecified atom stereocenters. The van der Waals surface area contributed by atoms with E-state index < -0.39 is 0 Å². The summed E-state index contributed by atoms with van der Waals surface area (Å²) in [5.74, 6) is 0.172. The molecule has 0 spiro atoms. The van der Waals surface area contributed by atoms with E-state index in [1.165, 1.54) is 10.9 Å². The van der Waals surface area contributed by atoms with Crippen LogP contribution in [0.4, 0.5) is 5.69 Å². The lowest BCUT2D eigenvalue weighted by molar-refractivity contribution is 0.250. The zero-order valence-electron chi connectivity index (χ0n) is 9.43. The molecular formula is C11H14ClN3O2. The van der Waals surface area contributed by atoms with Crippen LogP contribution in [0.2, 0.25) is 5.02 Å². The number of aliphatic hydroxyl groups is 1. The minimum Gasteiger partial charge on any atom is -0.396 e. The Morgan fingerprint density at radius 1 is 1.65 bits per heavy atom. The van der Waals surface area contributed by atoms with Gasteiger partial charge in [0.2, 0.25) is 0 Å². The first-order valence-electron chi connectivity index (χ1n) is 5.39. The third-order valence-electron chi connectivity index (χ3n) is 2.83. The Hall–Kier alpha value is -1.33. The van der Waals surface area contributed by atoms with Crippen LogP contribution < -0.4 is 10.9 Å². The highest BCUT2D eigenvalue weighted by molar-refractivity contribution is 6.32. The molecule has 1 heterocycles. The van der Waals surface area contributed by atoms with Crippen molar-refractivity contribution in [2.45, 2.75) is 12.5 Å². The van der Waals surface area contributed by atoms with Gasteiger partial charge >= 0.3 is 0 Å². The Morgan fingerprint density at radius 2 is 2.41 bits per heavy atom. The molecule has 17 heavy (non-hydrogen) atoms. The van der Waals surface area contributed by atoms with E-state index in [2.05, 4.69) is 10.4 Å². The molecule has 2 rings (SSSR count). The van der Waals surface area contributed by atoms with E-state index in [0.717, 1.165) is 6.42 Å². The summed E-state index contributed by atoms with van der Waals surface area (Å²) in [5.41, 5.74) is 0.209. The minimum absolute atomic E-state index is 0.0820. The molecule has 1 aromatic heterocycles. The smallest absolute Gasteiger partial charge is 0.287 e. The Balaban J connectivity index is 2.13. The molecule has 0 saturated carbocycles. The van der Waals surface area contributed by atoms with Crippen LogP contribution in [0.5, 0.6) is 0 Å². The summed E-state index contributed by atoms with van der Waals surface area (Å²) < 4.78 is 1.19. The summed E-state index contributed by atoms with van der Waals surface area (Å²) in [4.78, 5) is 11.6. The van der Waals surface area contributed by atoms with Crippen molar-refractivity contribution in [2.24, 2.45) is 13.0 Å². The van der Waals surface area contributed by atoms with Crippen molar-refractivity contribution in [2.75, 3.05) is 11.9 Å². The lowest BCUT2D eigenvalue weighted by Gasteiger charge is -2.14. The summed E-state index contributed by atoms with van der Waals surface area (Å²) in [6.07, 6.45) is 6.25. The highest BCUT2D eigenvalue weighted by atomic mass is 35.5. The van der Waals surface area contributed by atoms with Crippen molar-refractivity contribution in [3.63, 3.8) is 0 Å². The van der Waals surface area contributed by atoms with Gasteiger partial charge in [0.15, 0.2) is 0 Å². The van der Waals surface area contributed by atoms with Crippen molar-refractivity contribution >= 4 is 17.3 Å². The van der Waals surface area contributed by atoms with Gasteiger partial charge in [-0.05, 0) is 6.42 Å². The predicted octanol–water partition coefficient (Wildman–Crippen LogP) is 0.783. The van der Waals surface area contributed by atoms with Crippen LogP contribution in [0.15, 0.2) is 23.1 Å². The van der Waals surface area contributed by atoms with Crippen LogP contribution in [0.25, 0.3) is 0 Å². The highest BCUT2D eigenvalue weighted by Gasteiger charge is 2.19. The fraction of sp³-hybridized carbons (Fsp3) is 0.455. The average molecular weight is 256 g/mol. The third kappa shape index (κ3) is 2.50. The van der Waals surface area contributed by atoms with Gasteiger partial charge < -0.3 is 10.4 Å². The van der Waals surface area contributed by atoms with Gasteiger partial charge in [-0.25, -0.2) is 4.68 Å². The van der Waals surface area contributed by atoms with Gasteiger partial charge in [-0.3, -0.25) is 4.79 Å². The fourth-order valence-electron chi connectivity index (χ4n) is 1.83. The summed E-state index contributed by atoms with van der Waals surface area (Å²) in [6, 6.07) is 0.0820. The molecule has 0 radical (unpaired) electrons. The number of nitrogens with zero attached hydrogens (tertiary/aromatic N) is 2. The molecule has 0 saturated heterocycles. The predicted molar refractivity (Wildman–Crippen MR) is 66.2 cm³/mol. The van der Waals surface area contributed by atoms with E-state index in [4.69, 9.17) is 16.7 Å². The molecule has 2 atom stereocenters. The Kier molecular flexibility index (Phi) is 3.49. The Morgan fingerprint density at radius 3 is 3.06 bits per heavy atom.